The number of aryl methyl sites for hydroxylation is 3. The van der Waals surface area contributed by atoms with Crippen LogP contribution in [0.5, 0.6) is 0 Å². The van der Waals surface area contributed by atoms with E-state index >= 15 is 0 Å². The van der Waals surface area contributed by atoms with Gasteiger partial charge in [-0.2, -0.15) is 0 Å². The van der Waals surface area contributed by atoms with Gasteiger partial charge < -0.3 is 0 Å². The molecule has 1 fully saturated rings. The van der Waals surface area contributed by atoms with Crippen molar-refractivity contribution in [2.45, 2.75) is 44.9 Å². The van der Waals surface area contributed by atoms with Gasteiger partial charge in [0.05, 0.1) is 0 Å². The number of benzene rings is 3. The van der Waals surface area contributed by atoms with E-state index in [1.807, 2.05) is 0 Å². The minimum absolute atomic E-state index is 0.653. The first-order valence-electron chi connectivity index (χ1n) is 10.4. The van der Waals surface area contributed by atoms with Gasteiger partial charge in [-0.05, 0) is 0 Å². The first kappa shape index (κ1) is 19.3. The number of hydrogen-bond acceptors (Lipinski definition) is 1. The molecule has 1 saturated heterocycles. The summed E-state index contributed by atoms with van der Waals surface area (Å²) in [6.45, 7) is 7.98. The van der Waals surface area contributed by atoms with Gasteiger partial charge in [0, 0.05) is 0 Å². The van der Waals surface area contributed by atoms with E-state index < -0.39 is 14.7 Å². The van der Waals surface area contributed by atoms with Crippen LogP contribution in [0.15, 0.2) is 72.8 Å². The third kappa shape index (κ3) is 4.06. The van der Waals surface area contributed by atoms with E-state index in [9.17, 15) is 0 Å². The van der Waals surface area contributed by atoms with Crippen molar-refractivity contribution < 1.29 is 0 Å². The molecule has 0 unspecified atom stereocenters. The Hall–Kier alpha value is -1.98. The van der Waals surface area contributed by atoms with Crippen LogP contribution < -0.4 is 13.6 Å². The van der Waals surface area contributed by atoms with Gasteiger partial charge in [0.1, 0.15) is 0 Å². The Morgan fingerprint density at radius 1 is 0.821 bits per heavy atom. The van der Waals surface area contributed by atoms with E-state index in [-0.39, 0.29) is 0 Å². The van der Waals surface area contributed by atoms with Crippen LogP contribution in [0.3, 0.4) is 0 Å². The van der Waals surface area contributed by atoms with Gasteiger partial charge in [-0.15, -0.1) is 0 Å². The Labute approximate surface area is 174 Å². The van der Waals surface area contributed by atoms with E-state index in [0.717, 1.165) is 0 Å². The molecule has 3 aromatic rings. The molecule has 1 nitrogen and oxygen atoms in total. The van der Waals surface area contributed by atoms with Crippen LogP contribution >= 0.6 is 0 Å². The van der Waals surface area contributed by atoms with Gasteiger partial charge in [-0.1, -0.05) is 0 Å². The van der Waals surface area contributed by atoms with Crippen LogP contribution in [-0.4, -0.2) is 27.2 Å². The fourth-order valence-corrected chi connectivity index (χ4v) is 10.2. The van der Waals surface area contributed by atoms with Gasteiger partial charge in [-0.25, -0.2) is 0 Å². The monoisotopic (exact) mass is 431 g/mol. The van der Waals surface area contributed by atoms with Crippen molar-refractivity contribution in [3.8, 4) is 0 Å². The van der Waals surface area contributed by atoms with Gasteiger partial charge in [0.25, 0.3) is 0 Å². The summed E-state index contributed by atoms with van der Waals surface area (Å²) in [7, 11) is 0. The number of anilines is 1. The van der Waals surface area contributed by atoms with Crippen molar-refractivity contribution in [3.05, 3.63) is 89.5 Å². The summed E-state index contributed by atoms with van der Waals surface area (Å²) in [6, 6.07) is 27.9. The molecule has 1 atom stereocenters. The van der Waals surface area contributed by atoms with Crippen molar-refractivity contribution in [3.63, 3.8) is 0 Å². The zero-order valence-electron chi connectivity index (χ0n) is 17.2. The van der Waals surface area contributed by atoms with Crippen LogP contribution in [0, 0.1) is 20.8 Å². The van der Waals surface area contributed by atoms with E-state index in [4.69, 9.17) is 0 Å². The molecule has 1 heterocycles. The number of hydrogen-bond donors (Lipinski definition) is 0. The van der Waals surface area contributed by atoms with Gasteiger partial charge >= 0.3 is 175 Å². The molecule has 2 heteroatoms. The summed E-state index contributed by atoms with van der Waals surface area (Å²) >= 11 is -1.33. The number of rotatable bonds is 5. The van der Waals surface area contributed by atoms with Gasteiger partial charge in [-0.3, -0.25) is 0 Å². The summed E-state index contributed by atoms with van der Waals surface area (Å²) in [5, 5.41) is 1.31. The third-order valence-corrected chi connectivity index (χ3v) is 11.3. The molecule has 1 aliphatic rings. The fourth-order valence-electron chi connectivity index (χ4n) is 4.73. The second-order valence-electron chi connectivity index (χ2n) is 8.02. The first-order valence-corrected chi connectivity index (χ1v) is 13.6. The van der Waals surface area contributed by atoms with Crippen molar-refractivity contribution in [2.75, 3.05) is 11.4 Å². The molecular weight excluding hydrogens is 401 g/mol. The molecule has 3 aromatic carbocycles. The van der Waals surface area contributed by atoms with E-state index in [0.29, 0.717) is 6.04 Å². The summed E-state index contributed by atoms with van der Waals surface area (Å²) in [6.07, 6.45) is 2.63. The Balaban J connectivity index is 1.67. The molecule has 0 bridgehead atoms. The zero-order chi connectivity index (χ0) is 19.5. The third-order valence-electron chi connectivity index (χ3n) is 5.83. The van der Waals surface area contributed by atoms with Crippen LogP contribution in [0.4, 0.5) is 5.69 Å². The molecule has 28 heavy (non-hydrogen) atoms. The Morgan fingerprint density at radius 2 is 1.36 bits per heavy atom. The van der Waals surface area contributed by atoms with E-state index in [1.54, 1.807) is 8.70 Å². The Kier molecular flexibility index (Phi) is 5.92. The van der Waals surface area contributed by atoms with Crippen LogP contribution in [-0.2, 0) is 0 Å². The Morgan fingerprint density at radius 3 is 1.89 bits per heavy atom. The minimum atomic E-state index is -1.33. The predicted molar refractivity (Wildman–Crippen MR) is 124 cm³/mol. The van der Waals surface area contributed by atoms with Crippen LogP contribution in [0.25, 0.3) is 0 Å². The summed E-state index contributed by atoms with van der Waals surface area (Å²) in [5.74, 6) is 0. The number of nitrogens with zero attached hydrogens (tertiary/aromatic N) is 1. The normalized spacial score (nSPS) is 16.7. The average molecular weight is 431 g/mol. The second-order valence-corrected chi connectivity index (χ2v) is 12.7. The average Bonchev–Trinajstić information content (AvgIpc) is 3.14. The zero-order valence-corrected chi connectivity index (χ0v) is 19.1. The summed E-state index contributed by atoms with van der Waals surface area (Å²) < 4.78 is 3.15. The molecule has 0 saturated carbocycles. The molecule has 144 valence electrons. The molecule has 4 rings (SSSR count). The molecule has 0 amide bonds. The molecule has 1 aliphatic heterocycles. The van der Waals surface area contributed by atoms with Crippen molar-refractivity contribution >= 4 is 29.0 Å². The maximum atomic E-state index is 2.73. The van der Waals surface area contributed by atoms with Crippen LogP contribution in [0.2, 0.25) is 5.21 Å². The van der Waals surface area contributed by atoms with E-state index in [1.165, 1.54) is 47.0 Å². The molecule has 0 spiro atoms. The van der Waals surface area contributed by atoms with Gasteiger partial charge in [0.15, 0.2) is 0 Å². The fraction of sp³-hybridized carbons (Fsp3) is 0.308. The maximum absolute atomic E-state index is 2.73. The van der Waals surface area contributed by atoms with Gasteiger partial charge in [0.2, 0.25) is 0 Å². The van der Waals surface area contributed by atoms with Crippen molar-refractivity contribution in [2.24, 2.45) is 0 Å². The Bertz CT molecular complexity index is 857. The predicted octanol–water partition coefficient (Wildman–Crippen LogP) is 4.89. The molecule has 0 aliphatic carbocycles. The second kappa shape index (κ2) is 8.58. The SMILES string of the molecule is Cc1cc(C)c(N2CCC[C@H]2C[As](c2ccccc2)c2ccccc2)c(C)c1. The van der Waals surface area contributed by atoms with Crippen molar-refractivity contribution in [1.29, 1.82) is 0 Å². The molecule has 0 N–H and O–H groups in total. The topological polar surface area (TPSA) is 3.24 Å². The van der Waals surface area contributed by atoms with Crippen molar-refractivity contribution in [1.82, 2.24) is 0 Å². The molecule has 0 radical (unpaired) electrons. The standard InChI is InChI=1S/C26H30AsN/c1-20-17-21(2)26(22(3)18-20)28-16-10-15-25(28)19-27(23-11-6-4-7-12-23)24-13-8-5-9-14-24/h4-9,11-14,17-18,25H,10,15-16,19H2,1-3H3/t25-/m0/s1. The first-order chi connectivity index (χ1) is 13.6. The molecular formula is C26H30AsN. The molecule has 0 aromatic heterocycles. The van der Waals surface area contributed by atoms with E-state index in [2.05, 4.69) is 98.5 Å². The summed E-state index contributed by atoms with van der Waals surface area (Å²) in [5.41, 5.74) is 5.73. The van der Waals surface area contributed by atoms with Crippen LogP contribution in [0.1, 0.15) is 29.5 Å². The quantitative estimate of drug-likeness (QED) is 0.520. The summed E-state index contributed by atoms with van der Waals surface area (Å²) in [4.78, 5) is 2.73.